The Labute approximate surface area is 141 Å². The molecule has 3 atom stereocenters. The molecule has 4 aliphatic carbocycles. The summed E-state index contributed by atoms with van der Waals surface area (Å²) < 4.78 is 0.874. The van der Waals surface area contributed by atoms with Crippen LogP contribution in [0.1, 0.15) is 52.9 Å². The van der Waals surface area contributed by atoms with Crippen molar-refractivity contribution in [2.45, 2.75) is 59.0 Å². The van der Waals surface area contributed by atoms with Gasteiger partial charge in [0.1, 0.15) is 5.78 Å². The van der Waals surface area contributed by atoms with Crippen molar-refractivity contribution in [2.75, 3.05) is 0 Å². The molecule has 0 saturated heterocycles. The van der Waals surface area contributed by atoms with Crippen LogP contribution >= 0.6 is 15.9 Å². The first-order chi connectivity index (χ1) is 10.2. The molecule has 0 amide bonds. The summed E-state index contributed by atoms with van der Waals surface area (Å²) in [5.41, 5.74) is 2.97. The van der Waals surface area contributed by atoms with Crippen LogP contribution in [0, 0.1) is 16.7 Å². The molecular weight excluding hydrogens is 340 g/mol. The minimum absolute atomic E-state index is 0.00613. The third kappa shape index (κ3) is 1.91. The molecule has 0 spiro atoms. The predicted molar refractivity (Wildman–Crippen MR) is 92.7 cm³/mol. The lowest BCUT2D eigenvalue weighted by molar-refractivity contribution is -0.168. The molecule has 22 heavy (non-hydrogen) atoms. The van der Waals surface area contributed by atoms with E-state index in [4.69, 9.17) is 0 Å². The molecule has 1 unspecified atom stereocenters. The summed E-state index contributed by atoms with van der Waals surface area (Å²) in [5.74, 6) is 0.560. The number of aliphatic hydroxyl groups excluding tert-OH is 1. The van der Waals surface area contributed by atoms with Gasteiger partial charge < -0.3 is 5.11 Å². The van der Waals surface area contributed by atoms with Gasteiger partial charge in [0.05, 0.1) is 11.5 Å². The Morgan fingerprint density at radius 3 is 2.77 bits per heavy atom. The van der Waals surface area contributed by atoms with Crippen molar-refractivity contribution in [2.24, 2.45) is 16.7 Å². The zero-order chi connectivity index (χ0) is 16.3. The Morgan fingerprint density at radius 2 is 2.18 bits per heavy atom. The van der Waals surface area contributed by atoms with Crippen molar-refractivity contribution >= 4 is 21.7 Å². The fourth-order valence-corrected chi connectivity index (χ4v) is 5.59. The molecule has 4 aliphatic rings. The van der Waals surface area contributed by atoms with E-state index in [2.05, 4.69) is 49.4 Å². The Balaban J connectivity index is 1.94. The highest BCUT2D eigenvalue weighted by Crippen LogP contribution is 2.68. The summed E-state index contributed by atoms with van der Waals surface area (Å²) in [6.07, 6.45) is 6.11. The Bertz CT molecular complexity index is 611. The number of halogens is 1. The van der Waals surface area contributed by atoms with E-state index in [9.17, 15) is 9.90 Å². The molecule has 0 aromatic heterocycles. The quantitative estimate of drug-likeness (QED) is 0.737. The second kappa shape index (κ2) is 5.17. The van der Waals surface area contributed by atoms with Crippen LogP contribution in [0.2, 0.25) is 0 Å². The third-order valence-electron chi connectivity index (χ3n) is 6.43. The van der Waals surface area contributed by atoms with E-state index in [0.29, 0.717) is 12.2 Å². The van der Waals surface area contributed by atoms with Gasteiger partial charge in [-0.2, -0.15) is 0 Å². The summed E-state index contributed by atoms with van der Waals surface area (Å²) in [7, 11) is 0. The van der Waals surface area contributed by atoms with Crippen LogP contribution in [-0.4, -0.2) is 17.0 Å². The van der Waals surface area contributed by atoms with Gasteiger partial charge in [0.25, 0.3) is 0 Å². The molecule has 0 aromatic carbocycles. The monoisotopic (exact) mass is 364 g/mol. The van der Waals surface area contributed by atoms with E-state index in [0.717, 1.165) is 41.3 Å². The molecule has 120 valence electrons. The molecule has 4 rings (SSSR count). The van der Waals surface area contributed by atoms with Gasteiger partial charge in [-0.3, -0.25) is 4.79 Å². The zero-order valence-corrected chi connectivity index (χ0v) is 15.3. The number of hydrogen-bond donors (Lipinski definition) is 1. The van der Waals surface area contributed by atoms with Gasteiger partial charge in [-0.15, -0.1) is 0 Å². The number of hydrogen-bond acceptors (Lipinski definition) is 2. The Kier molecular flexibility index (Phi) is 3.81. The van der Waals surface area contributed by atoms with E-state index in [-0.39, 0.29) is 16.7 Å². The smallest absolute Gasteiger partial charge is 0.147 e. The molecule has 0 aromatic rings. The number of allylic oxidation sites excluding steroid dienone is 4. The number of carbonyl (C=O) groups is 1. The Hall–Kier alpha value is -0.670. The first-order valence-corrected chi connectivity index (χ1v) is 8.99. The maximum Gasteiger partial charge on any atom is 0.147 e. The number of carbonyl (C=O) groups excluding carboxylic acids is 1. The molecule has 0 aliphatic heterocycles. The minimum atomic E-state index is -0.418. The summed E-state index contributed by atoms with van der Waals surface area (Å²) in [6, 6.07) is 0. The number of rotatable bonds is 3. The zero-order valence-electron chi connectivity index (χ0n) is 13.7. The fourth-order valence-electron chi connectivity index (χ4n) is 4.88. The normalized spacial score (nSPS) is 36.8. The van der Waals surface area contributed by atoms with E-state index < -0.39 is 6.10 Å². The Morgan fingerprint density at radius 1 is 1.50 bits per heavy atom. The van der Waals surface area contributed by atoms with Crippen molar-refractivity contribution in [1.29, 1.82) is 0 Å². The van der Waals surface area contributed by atoms with Crippen molar-refractivity contribution in [3.05, 3.63) is 33.9 Å². The van der Waals surface area contributed by atoms with Gasteiger partial charge in [0.2, 0.25) is 0 Å². The largest absolute Gasteiger partial charge is 0.388 e. The molecule has 2 nitrogen and oxygen atoms in total. The van der Waals surface area contributed by atoms with Crippen LogP contribution in [0.15, 0.2) is 33.9 Å². The molecule has 0 radical (unpaired) electrons. The average molecular weight is 365 g/mol. The highest BCUT2D eigenvalue weighted by molar-refractivity contribution is 9.11. The summed E-state index contributed by atoms with van der Waals surface area (Å²) in [4.78, 5) is 12.8. The van der Waals surface area contributed by atoms with Gasteiger partial charge in [0, 0.05) is 10.4 Å². The predicted octanol–water partition coefficient (Wildman–Crippen LogP) is 4.69. The van der Waals surface area contributed by atoms with Crippen LogP contribution in [-0.2, 0) is 4.79 Å². The number of ketones is 1. The van der Waals surface area contributed by atoms with E-state index in [1.54, 1.807) is 0 Å². The number of aliphatic hydroxyl groups is 1. The number of fused-ring (bicyclic) bond motifs is 1. The maximum absolute atomic E-state index is 12.8. The molecule has 1 N–H and O–H groups in total. The molecule has 1 saturated carbocycles. The maximum atomic E-state index is 12.8. The van der Waals surface area contributed by atoms with Gasteiger partial charge in [-0.25, -0.2) is 0 Å². The van der Waals surface area contributed by atoms with E-state index >= 15 is 0 Å². The lowest BCUT2D eigenvalue weighted by Crippen LogP contribution is -2.66. The molecule has 0 heterocycles. The van der Waals surface area contributed by atoms with Gasteiger partial charge in [-0.05, 0) is 55.6 Å². The average Bonchev–Trinajstić information content (AvgIpc) is 2.45. The molecule has 1 fully saturated rings. The van der Waals surface area contributed by atoms with Crippen LogP contribution < -0.4 is 0 Å². The van der Waals surface area contributed by atoms with Gasteiger partial charge in [0.15, 0.2) is 0 Å². The highest BCUT2D eigenvalue weighted by Gasteiger charge is 2.68. The SMILES string of the molecule is C=C(C[C@]12C(=O)[C@H](CC=C1C)C2(C)C)C1=C(Br)C(O)CCC1. The van der Waals surface area contributed by atoms with E-state index in [1.807, 2.05) is 0 Å². The summed E-state index contributed by atoms with van der Waals surface area (Å²) in [5, 5.41) is 10.1. The standard InChI is InChI=1S/C19H25BrO2/c1-11(13-6-5-7-15(21)16(13)20)10-19-12(2)8-9-14(17(19)22)18(19,3)4/h8,14-15,21H,1,5-7,9-10H2,2-4H3/t14-,15?,19+/m0/s1. The van der Waals surface area contributed by atoms with Crippen LogP contribution in [0.25, 0.3) is 0 Å². The second-order valence-electron chi connectivity index (χ2n) is 7.68. The topological polar surface area (TPSA) is 37.3 Å². The van der Waals surface area contributed by atoms with Crippen molar-refractivity contribution < 1.29 is 9.90 Å². The first kappa shape index (κ1) is 16.2. The van der Waals surface area contributed by atoms with Crippen LogP contribution in [0.5, 0.6) is 0 Å². The first-order valence-electron chi connectivity index (χ1n) is 8.19. The van der Waals surface area contributed by atoms with E-state index in [1.165, 1.54) is 5.57 Å². The van der Waals surface area contributed by atoms with Crippen molar-refractivity contribution in [1.82, 2.24) is 0 Å². The fraction of sp³-hybridized carbons (Fsp3) is 0.632. The highest BCUT2D eigenvalue weighted by atomic mass is 79.9. The summed E-state index contributed by atoms with van der Waals surface area (Å²) in [6.45, 7) is 10.8. The van der Waals surface area contributed by atoms with Crippen LogP contribution in [0.3, 0.4) is 0 Å². The second-order valence-corrected chi connectivity index (χ2v) is 8.54. The van der Waals surface area contributed by atoms with Crippen LogP contribution in [0.4, 0.5) is 0 Å². The number of Topliss-reactive ketones (excluding diaryl/α,β-unsaturated/α-hetero) is 1. The lowest BCUT2D eigenvalue weighted by atomic mass is 9.37. The lowest BCUT2D eigenvalue weighted by Gasteiger charge is -2.63. The third-order valence-corrected chi connectivity index (χ3v) is 7.44. The van der Waals surface area contributed by atoms with Gasteiger partial charge in [-0.1, -0.05) is 48.0 Å². The minimum Gasteiger partial charge on any atom is -0.388 e. The molecule has 2 bridgehead atoms. The van der Waals surface area contributed by atoms with Crippen molar-refractivity contribution in [3.8, 4) is 0 Å². The van der Waals surface area contributed by atoms with Gasteiger partial charge >= 0.3 is 0 Å². The van der Waals surface area contributed by atoms with Crippen molar-refractivity contribution in [3.63, 3.8) is 0 Å². The molecule has 3 heteroatoms. The summed E-state index contributed by atoms with van der Waals surface area (Å²) >= 11 is 3.54. The molecular formula is C19H25BrO2.